The molecule has 0 spiro atoms. The molecule has 1 amide bonds. The SMILES string of the molecule is Cn1c(C(=O)Nc2ccc(F)c(F)c2F)cc2ccccc21. The molecule has 2 aromatic carbocycles. The lowest BCUT2D eigenvalue weighted by atomic mass is 10.2. The first-order valence-electron chi connectivity index (χ1n) is 6.48. The Hall–Kier alpha value is -2.76. The highest BCUT2D eigenvalue weighted by Crippen LogP contribution is 2.22. The van der Waals surface area contributed by atoms with Crippen LogP contribution < -0.4 is 5.32 Å². The number of amides is 1. The first-order chi connectivity index (χ1) is 10.5. The van der Waals surface area contributed by atoms with Crippen LogP contribution in [0.1, 0.15) is 10.5 Å². The monoisotopic (exact) mass is 304 g/mol. The third kappa shape index (κ3) is 2.22. The van der Waals surface area contributed by atoms with Gasteiger partial charge in [-0.2, -0.15) is 0 Å². The zero-order valence-electron chi connectivity index (χ0n) is 11.5. The van der Waals surface area contributed by atoms with Crippen LogP contribution in [0, 0.1) is 17.5 Å². The molecule has 0 radical (unpaired) electrons. The highest BCUT2D eigenvalue weighted by Gasteiger charge is 2.18. The average Bonchev–Trinajstić information content (AvgIpc) is 2.85. The fourth-order valence-corrected chi connectivity index (χ4v) is 2.32. The second-order valence-electron chi connectivity index (χ2n) is 4.82. The second kappa shape index (κ2) is 5.22. The predicted molar refractivity (Wildman–Crippen MR) is 77.2 cm³/mol. The van der Waals surface area contributed by atoms with Crippen molar-refractivity contribution < 1.29 is 18.0 Å². The van der Waals surface area contributed by atoms with Crippen molar-refractivity contribution in [3.8, 4) is 0 Å². The van der Waals surface area contributed by atoms with Crippen LogP contribution in [0.2, 0.25) is 0 Å². The van der Waals surface area contributed by atoms with E-state index >= 15 is 0 Å². The third-order valence-electron chi connectivity index (χ3n) is 3.47. The van der Waals surface area contributed by atoms with Crippen molar-refractivity contribution >= 4 is 22.5 Å². The Bertz CT molecular complexity index is 886. The van der Waals surface area contributed by atoms with Crippen LogP contribution in [0.15, 0.2) is 42.5 Å². The van der Waals surface area contributed by atoms with Crippen LogP contribution in [0.3, 0.4) is 0 Å². The molecule has 22 heavy (non-hydrogen) atoms. The average molecular weight is 304 g/mol. The molecular weight excluding hydrogens is 293 g/mol. The molecule has 6 heteroatoms. The topological polar surface area (TPSA) is 34.0 Å². The van der Waals surface area contributed by atoms with Gasteiger partial charge in [-0.3, -0.25) is 4.79 Å². The number of halogens is 3. The van der Waals surface area contributed by atoms with Gasteiger partial charge < -0.3 is 9.88 Å². The molecule has 0 saturated carbocycles. The van der Waals surface area contributed by atoms with Crippen LogP contribution in [-0.4, -0.2) is 10.5 Å². The van der Waals surface area contributed by atoms with Crippen LogP contribution in [0.25, 0.3) is 10.9 Å². The van der Waals surface area contributed by atoms with Crippen LogP contribution >= 0.6 is 0 Å². The van der Waals surface area contributed by atoms with Gasteiger partial charge in [0.15, 0.2) is 17.5 Å². The molecule has 0 fully saturated rings. The zero-order chi connectivity index (χ0) is 15.9. The maximum Gasteiger partial charge on any atom is 0.272 e. The molecule has 0 aliphatic carbocycles. The number of hydrogen-bond donors (Lipinski definition) is 1. The number of nitrogens with one attached hydrogen (secondary N) is 1. The Balaban J connectivity index is 1.97. The van der Waals surface area contributed by atoms with E-state index in [-0.39, 0.29) is 5.69 Å². The summed E-state index contributed by atoms with van der Waals surface area (Å²) in [5, 5.41) is 3.10. The minimum absolute atomic E-state index is 0.283. The van der Waals surface area contributed by atoms with Crippen molar-refractivity contribution in [2.45, 2.75) is 0 Å². The van der Waals surface area contributed by atoms with Crippen molar-refractivity contribution in [3.63, 3.8) is 0 Å². The number of hydrogen-bond acceptors (Lipinski definition) is 1. The summed E-state index contributed by atoms with van der Waals surface area (Å²) in [6, 6.07) is 10.7. The summed E-state index contributed by atoms with van der Waals surface area (Å²) in [4.78, 5) is 12.2. The minimum Gasteiger partial charge on any atom is -0.340 e. The molecule has 3 nitrogen and oxygen atoms in total. The number of carbonyl (C=O) groups excluding carboxylic acids is 1. The number of carbonyl (C=O) groups is 1. The molecule has 1 N–H and O–H groups in total. The van der Waals surface area contributed by atoms with Gasteiger partial charge in [-0.05, 0) is 24.3 Å². The van der Waals surface area contributed by atoms with E-state index in [1.54, 1.807) is 17.7 Å². The van der Waals surface area contributed by atoms with Gasteiger partial charge in [-0.1, -0.05) is 18.2 Å². The number of aryl methyl sites for hydroxylation is 1. The van der Waals surface area contributed by atoms with E-state index in [2.05, 4.69) is 5.32 Å². The Morgan fingerprint density at radius 1 is 1.05 bits per heavy atom. The smallest absolute Gasteiger partial charge is 0.272 e. The highest BCUT2D eigenvalue weighted by molar-refractivity contribution is 6.06. The molecule has 0 unspecified atom stereocenters. The van der Waals surface area contributed by atoms with Crippen LogP contribution in [0.5, 0.6) is 0 Å². The van der Waals surface area contributed by atoms with Gasteiger partial charge in [0.1, 0.15) is 5.69 Å². The Kier molecular flexibility index (Phi) is 3.36. The maximum absolute atomic E-state index is 13.6. The number of fused-ring (bicyclic) bond motifs is 1. The van der Waals surface area contributed by atoms with Crippen molar-refractivity contribution in [1.29, 1.82) is 0 Å². The van der Waals surface area contributed by atoms with Crippen molar-refractivity contribution in [2.75, 3.05) is 5.32 Å². The number of rotatable bonds is 2. The lowest BCUT2D eigenvalue weighted by Crippen LogP contribution is -2.17. The van der Waals surface area contributed by atoms with Gasteiger partial charge in [-0.25, -0.2) is 13.2 Å². The number of anilines is 1. The maximum atomic E-state index is 13.6. The van der Waals surface area contributed by atoms with E-state index in [0.717, 1.165) is 23.0 Å². The molecule has 3 rings (SSSR count). The summed E-state index contributed by atoms with van der Waals surface area (Å²) >= 11 is 0. The molecule has 0 aliphatic heterocycles. The summed E-state index contributed by atoms with van der Waals surface area (Å²) in [5.41, 5.74) is 0.706. The fourth-order valence-electron chi connectivity index (χ4n) is 2.32. The fraction of sp³-hybridized carbons (Fsp3) is 0.0625. The largest absolute Gasteiger partial charge is 0.340 e. The van der Waals surface area contributed by atoms with Gasteiger partial charge in [0.2, 0.25) is 0 Å². The lowest BCUT2D eigenvalue weighted by Gasteiger charge is -2.08. The normalized spacial score (nSPS) is 10.9. The molecule has 0 bridgehead atoms. The molecule has 112 valence electrons. The molecule has 1 heterocycles. The zero-order valence-corrected chi connectivity index (χ0v) is 11.5. The van der Waals surface area contributed by atoms with Crippen LogP contribution in [-0.2, 0) is 7.05 Å². The van der Waals surface area contributed by atoms with E-state index in [9.17, 15) is 18.0 Å². The number of benzene rings is 2. The first kappa shape index (κ1) is 14.2. The second-order valence-corrected chi connectivity index (χ2v) is 4.82. The van der Waals surface area contributed by atoms with E-state index in [1.807, 2.05) is 24.3 Å². The standard InChI is InChI=1S/C16H11F3N2O/c1-21-12-5-3-2-4-9(12)8-13(21)16(22)20-11-7-6-10(17)14(18)15(11)19/h2-8H,1H3,(H,20,22). The van der Waals surface area contributed by atoms with Crippen molar-refractivity contribution in [2.24, 2.45) is 7.05 Å². The summed E-state index contributed by atoms with van der Waals surface area (Å²) < 4.78 is 41.3. The van der Waals surface area contributed by atoms with Gasteiger partial charge in [0.05, 0.1) is 5.69 Å². The van der Waals surface area contributed by atoms with Gasteiger partial charge in [-0.15, -0.1) is 0 Å². The van der Waals surface area contributed by atoms with Crippen molar-refractivity contribution in [3.05, 3.63) is 65.6 Å². The number of nitrogens with zero attached hydrogens (tertiary/aromatic N) is 1. The van der Waals surface area contributed by atoms with Crippen molar-refractivity contribution in [1.82, 2.24) is 4.57 Å². The molecule has 0 saturated heterocycles. The Morgan fingerprint density at radius 2 is 1.77 bits per heavy atom. The van der Waals surface area contributed by atoms with E-state index < -0.39 is 29.0 Å². The van der Waals surface area contributed by atoms with E-state index in [1.165, 1.54) is 0 Å². The number of para-hydroxylation sites is 1. The van der Waals surface area contributed by atoms with E-state index in [4.69, 9.17) is 0 Å². The van der Waals surface area contributed by atoms with Gasteiger partial charge in [0.25, 0.3) is 5.91 Å². The summed E-state index contributed by atoms with van der Waals surface area (Å²) in [5.74, 6) is -4.95. The number of aromatic nitrogens is 1. The molecule has 1 aromatic heterocycles. The minimum atomic E-state index is -1.62. The van der Waals surface area contributed by atoms with Gasteiger partial charge in [0, 0.05) is 18.0 Å². The summed E-state index contributed by atoms with van der Waals surface area (Å²) in [6.07, 6.45) is 0. The first-order valence-corrected chi connectivity index (χ1v) is 6.48. The molecular formula is C16H11F3N2O. The summed E-state index contributed by atoms with van der Waals surface area (Å²) in [6.45, 7) is 0. The quantitative estimate of drug-likeness (QED) is 0.717. The Labute approximate surface area is 124 Å². The lowest BCUT2D eigenvalue weighted by molar-refractivity contribution is 0.101. The molecule has 3 aromatic rings. The molecule has 0 atom stereocenters. The van der Waals surface area contributed by atoms with Crippen LogP contribution in [0.4, 0.5) is 18.9 Å². The highest BCUT2D eigenvalue weighted by atomic mass is 19.2. The van der Waals surface area contributed by atoms with E-state index in [0.29, 0.717) is 0 Å². The third-order valence-corrected chi connectivity index (χ3v) is 3.47. The summed E-state index contributed by atoms with van der Waals surface area (Å²) in [7, 11) is 1.69. The van der Waals surface area contributed by atoms with Gasteiger partial charge >= 0.3 is 0 Å². The Morgan fingerprint density at radius 3 is 2.50 bits per heavy atom. The predicted octanol–water partition coefficient (Wildman–Crippen LogP) is 3.85. The molecule has 0 aliphatic rings.